The van der Waals surface area contributed by atoms with E-state index in [4.69, 9.17) is 9.47 Å². The number of benzene rings is 1. The number of rotatable bonds is 2. The maximum absolute atomic E-state index is 9.51. The fraction of sp³-hybridized carbons (Fsp3) is 0.500. The average molecular weight is 223 g/mol. The van der Waals surface area contributed by atoms with Crippen LogP contribution in [0.5, 0.6) is 11.5 Å². The molecule has 0 aromatic heterocycles. The average Bonchev–Trinajstić information content (AvgIpc) is 2.29. The number of aromatic hydroxyl groups is 1. The molecule has 1 unspecified atom stereocenters. The summed E-state index contributed by atoms with van der Waals surface area (Å²) in [5, 5.41) is 12.8. The van der Waals surface area contributed by atoms with E-state index >= 15 is 0 Å². The summed E-state index contributed by atoms with van der Waals surface area (Å²) >= 11 is 0. The first-order chi connectivity index (χ1) is 7.72. The molecule has 1 aromatic carbocycles. The second-order valence-electron chi connectivity index (χ2n) is 3.94. The molecule has 1 aliphatic heterocycles. The predicted octanol–water partition coefficient (Wildman–Crippen LogP) is 1.37. The zero-order valence-corrected chi connectivity index (χ0v) is 9.62. The van der Waals surface area contributed by atoms with Crippen molar-refractivity contribution in [3.63, 3.8) is 0 Å². The molecule has 0 amide bonds. The number of hydrogen-bond donors (Lipinski definition) is 2. The van der Waals surface area contributed by atoms with Crippen LogP contribution in [0.2, 0.25) is 0 Å². The van der Waals surface area contributed by atoms with Crippen molar-refractivity contribution in [3.05, 3.63) is 23.3 Å². The van der Waals surface area contributed by atoms with Crippen molar-refractivity contribution in [3.8, 4) is 11.5 Å². The summed E-state index contributed by atoms with van der Waals surface area (Å²) in [7, 11) is 1.61. The molecule has 1 saturated heterocycles. The highest BCUT2D eigenvalue weighted by molar-refractivity contribution is 5.47. The van der Waals surface area contributed by atoms with Crippen LogP contribution in [-0.2, 0) is 4.74 Å². The third-order valence-corrected chi connectivity index (χ3v) is 2.80. The van der Waals surface area contributed by atoms with Gasteiger partial charge in [-0.2, -0.15) is 0 Å². The van der Waals surface area contributed by atoms with E-state index in [0.29, 0.717) is 12.4 Å². The van der Waals surface area contributed by atoms with Gasteiger partial charge in [0.2, 0.25) is 0 Å². The van der Waals surface area contributed by atoms with Crippen LogP contribution in [0.4, 0.5) is 0 Å². The fourth-order valence-corrected chi connectivity index (χ4v) is 2.08. The molecule has 1 heterocycles. The van der Waals surface area contributed by atoms with E-state index in [2.05, 4.69) is 5.32 Å². The Morgan fingerprint density at radius 3 is 2.94 bits per heavy atom. The summed E-state index contributed by atoms with van der Waals surface area (Å²) in [5.41, 5.74) is 2.01. The van der Waals surface area contributed by atoms with E-state index in [0.717, 1.165) is 24.2 Å². The van der Waals surface area contributed by atoms with Crippen LogP contribution in [0.1, 0.15) is 17.2 Å². The lowest BCUT2D eigenvalue weighted by Crippen LogP contribution is -2.33. The van der Waals surface area contributed by atoms with Gasteiger partial charge in [0.25, 0.3) is 0 Å². The van der Waals surface area contributed by atoms with E-state index in [1.165, 1.54) is 0 Å². The molecule has 88 valence electrons. The van der Waals surface area contributed by atoms with E-state index < -0.39 is 0 Å². The number of nitrogens with one attached hydrogen (secondary N) is 1. The van der Waals surface area contributed by atoms with Crippen LogP contribution in [0.3, 0.4) is 0 Å². The Morgan fingerprint density at radius 2 is 2.31 bits per heavy atom. The molecular weight excluding hydrogens is 206 g/mol. The lowest BCUT2D eigenvalue weighted by atomic mass is 10.0. The molecule has 0 bridgehead atoms. The third kappa shape index (κ3) is 2.13. The number of phenols is 1. The van der Waals surface area contributed by atoms with Gasteiger partial charge in [-0.05, 0) is 18.6 Å². The summed E-state index contributed by atoms with van der Waals surface area (Å²) in [6, 6.07) is 3.36. The van der Waals surface area contributed by atoms with E-state index in [1.807, 2.05) is 6.92 Å². The normalized spacial score (nSPS) is 20.8. The Bertz CT molecular complexity index is 373. The van der Waals surface area contributed by atoms with Gasteiger partial charge in [0.05, 0.1) is 19.8 Å². The molecule has 4 nitrogen and oxygen atoms in total. The minimum Gasteiger partial charge on any atom is -0.508 e. The molecule has 0 saturated carbocycles. The second kappa shape index (κ2) is 4.72. The zero-order chi connectivity index (χ0) is 11.5. The molecule has 1 fully saturated rings. The van der Waals surface area contributed by atoms with Crippen LogP contribution in [0, 0.1) is 6.92 Å². The molecule has 2 rings (SSSR count). The lowest BCUT2D eigenvalue weighted by Gasteiger charge is -2.26. The van der Waals surface area contributed by atoms with Gasteiger partial charge in [-0.1, -0.05) is 0 Å². The van der Waals surface area contributed by atoms with Crippen molar-refractivity contribution in [2.45, 2.75) is 13.0 Å². The van der Waals surface area contributed by atoms with Crippen LogP contribution in [0.15, 0.2) is 12.1 Å². The van der Waals surface area contributed by atoms with Gasteiger partial charge >= 0.3 is 0 Å². The van der Waals surface area contributed by atoms with Gasteiger partial charge < -0.3 is 19.9 Å². The van der Waals surface area contributed by atoms with E-state index in [-0.39, 0.29) is 11.9 Å². The SMILES string of the molecule is COc1cc(O)cc(C)c1C1CNCCO1. The maximum atomic E-state index is 9.51. The van der Waals surface area contributed by atoms with Crippen molar-refractivity contribution in [2.24, 2.45) is 0 Å². The molecule has 0 aliphatic carbocycles. The molecule has 1 aromatic rings. The molecule has 16 heavy (non-hydrogen) atoms. The highest BCUT2D eigenvalue weighted by Crippen LogP contribution is 2.34. The number of morpholine rings is 1. The Labute approximate surface area is 95.2 Å². The van der Waals surface area contributed by atoms with E-state index in [9.17, 15) is 5.11 Å². The van der Waals surface area contributed by atoms with Crippen molar-refractivity contribution in [1.82, 2.24) is 5.32 Å². The van der Waals surface area contributed by atoms with Crippen LogP contribution in [0.25, 0.3) is 0 Å². The predicted molar refractivity (Wildman–Crippen MR) is 61.0 cm³/mol. The van der Waals surface area contributed by atoms with Gasteiger partial charge in [-0.15, -0.1) is 0 Å². The molecule has 1 atom stereocenters. The van der Waals surface area contributed by atoms with Gasteiger partial charge in [0.15, 0.2) is 0 Å². The highest BCUT2D eigenvalue weighted by Gasteiger charge is 2.22. The topological polar surface area (TPSA) is 50.7 Å². The Kier molecular flexibility index (Phi) is 3.31. The molecular formula is C12H17NO3. The summed E-state index contributed by atoms with van der Waals surface area (Å²) in [5.74, 6) is 0.910. The standard InChI is InChI=1S/C12H17NO3/c1-8-5-9(14)6-10(15-2)12(8)11-7-13-3-4-16-11/h5-6,11,13-14H,3-4,7H2,1-2H3. The van der Waals surface area contributed by atoms with Crippen LogP contribution < -0.4 is 10.1 Å². The van der Waals surface area contributed by atoms with Crippen molar-refractivity contribution < 1.29 is 14.6 Å². The quantitative estimate of drug-likeness (QED) is 0.795. The molecule has 4 heteroatoms. The molecule has 2 N–H and O–H groups in total. The van der Waals surface area contributed by atoms with Crippen LogP contribution in [-0.4, -0.2) is 31.9 Å². The molecule has 0 radical (unpaired) electrons. The number of aryl methyl sites for hydroxylation is 1. The first kappa shape index (κ1) is 11.2. The van der Waals surface area contributed by atoms with Gasteiger partial charge in [-0.25, -0.2) is 0 Å². The number of phenolic OH excluding ortho intramolecular Hbond substituents is 1. The zero-order valence-electron chi connectivity index (χ0n) is 9.62. The van der Waals surface area contributed by atoms with E-state index in [1.54, 1.807) is 19.2 Å². The Balaban J connectivity index is 2.37. The van der Waals surface area contributed by atoms with Crippen molar-refractivity contribution >= 4 is 0 Å². The van der Waals surface area contributed by atoms with Gasteiger partial charge in [-0.3, -0.25) is 0 Å². The summed E-state index contributed by atoms with van der Waals surface area (Å²) in [4.78, 5) is 0. The van der Waals surface area contributed by atoms with Gasteiger partial charge in [0.1, 0.15) is 11.5 Å². The highest BCUT2D eigenvalue weighted by atomic mass is 16.5. The first-order valence-corrected chi connectivity index (χ1v) is 5.42. The summed E-state index contributed by atoms with van der Waals surface area (Å²) < 4.78 is 11.0. The molecule has 0 spiro atoms. The minimum atomic E-state index is 0.00398. The number of hydrogen-bond acceptors (Lipinski definition) is 4. The monoisotopic (exact) mass is 223 g/mol. The third-order valence-electron chi connectivity index (χ3n) is 2.80. The number of ether oxygens (including phenoxy) is 2. The minimum absolute atomic E-state index is 0.00398. The van der Waals surface area contributed by atoms with Crippen molar-refractivity contribution in [2.75, 3.05) is 26.8 Å². The van der Waals surface area contributed by atoms with Crippen LogP contribution >= 0.6 is 0 Å². The molecule has 1 aliphatic rings. The fourth-order valence-electron chi connectivity index (χ4n) is 2.08. The van der Waals surface area contributed by atoms with Gasteiger partial charge in [0, 0.05) is 24.7 Å². The lowest BCUT2D eigenvalue weighted by molar-refractivity contribution is 0.0258. The smallest absolute Gasteiger partial charge is 0.128 e. The largest absolute Gasteiger partial charge is 0.508 e. The summed E-state index contributed by atoms with van der Waals surface area (Å²) in [6.45, 7) is 4.32. The van der Waals surface area contributed by atoms with Crippen molar-refractivity contribution in [1.29, 1.82) is 0 Å². The second-order valence-corrected chi connectivity index (χ2v) is 3.94. The Morgan fingerprint density at radius 1 is 1.50 bits per heavy atom. The maximum Gasteiger partial charge on any atom is 0.128 e. The Hall–Kier alpha value is -1.26. The first-order valence-electron chi connectivity index (χ1n) is 5.42. The number of methoxy groups -OCH3 is 1. The summed E-state index contributed by atoms with van der Waals surface area (Å²) in [6.07, 6.45) is 0.00398.